The van der Waals surface area contributed by atoms with Crippen LogP contribution in [0.3, 0.4) is 0 Å². The van der Waals surface area contributed by atoms with Gasteiger partial charge in [0.15, 0.2) is 0 Å². The number of aromatic amines is 1. The highest BCUT2D eigenvalue weighted by atomic mass is 16.5. The van der Waals surface area contributed by atoms with Crippen LogP contribution in [0.4, 0.5) is 0 Å². The van der Waals surface area contributed by atoms with Crippen LogP contribution in [0.1, 0.15) is 25.8 Å². The summed E-state index contributed by atoms with van der Waals surface area (Å²) in [5.41, 5.74) is 1.95. The molecule has 2 aromatic rings. The number of nitrogens with one attached hydrogen (secondary N) is 1. The van der Waals surface area contributed by atoms with E-state index in [4.69, 9.17) is 0 Å². The zero-order valence-corrected chi connectivity index (χ0v) is 14.2. The maximum Gasteiger partial charge on any atom is 0.269 e. The van der Waals surface area contributed by atoms with E-state index in [0.717, 1.165) is 16.5 Å². The minimum Gasteiger partial charge on any atom is -0.361 e. The number of benzene rings is 1. The molecule has 1 aromatic heterocycles. The standard InChI is InChI=1S/C18H23N3O3/c1-11(2)8-16-17(22)20(3)15(18(23)21(16)24)9-12-10-19-14-7-5-4-6-13(12)14/h4-7,10-11,15-16,19,24H,8-9H2,1-3H3/t15-,16+/m0/s1. The number of hydrogen-bond donors (Lipinski definition) is 2. The molecule has 2 heterocycles. The van der Waals surface area contributed by atoms with Gasteiger partial charge in [0.2, 0.25) is 5.91 Å². The Hall–Kier alpha value is -2.34. The van der Waals surface area contributed by atoms with Crippen molar-refractivity contribution in [1.82, 2.24) is 14.9 Å². The van der Waals surface area contributed by atoms with Crippen molar-refractivity contribution >= 4 is 22.7 Å². The summed E-state index contributed by atoms with van der Waals surface area (Å²) >= 11 is 0. The lowest BCUT2D eigenvalue weighted by Crippen LogP contribution is -2.63. The number of fused-ring (bicyclic) bond motifs is 1. The number of carbonyl (C=O) groups is 2. The monoisotopic (exact) mass is 329 g/mol. The molecule has 1 aromatic carbocycles. The molecule has 24 heavy (non-hydrogen) atoms. The summed E-state index contributed by atoms with van der Waals surface area (Å²) in [6.07, 6.45) is 2.68. The van der Waals surface area contributed by atoms with Gasteiger partial charge in [-0.3, -0.25) is 14.8 Å². The zero-order chi connectivity index (χ0) is 17.4. The zero-order valence-electron chi connectivity index (χ0n) is 14.2. The van der Waals surface area contributed by atoms with Crippen LogP contribution in [-0.4, -0.2) is 51.1 Å². The number of likely N-dealkylation sites (N-methyl/N-ethyl adjacent to an activating group) is 1. The fourth-order valence-corrected chi connectivity index (χ4v) is 3.35. The van der Waals surface area contributed by atoms with E-state index >= 15 is 0 Å². The molecule has 1 saturated heterocycles. The number of amides is 2. The first-order valence-corrected chi connectivity index (χ1v) is 8.23. The van der Waals surface area contributed by atoms with E-state index in [0.29, 0.717) is 17.9 Å². The Kier molecular flexibility index (Phi) is 4.32. The number of carbonyl (C=O) groups excluding carboxylic acids is 2. The highest BCUT2D eigenvalue weighted by Crippen LogP contribution is 2.25. The van der Waals surface area contributed by atoms with Gasteiger partial charge in [-0.15, -0.1) is 0 Å². The number of nitrogens with zero attached hydrogens (tertiary/aromatic N) is 2. The average Bonchev–Trinajstić information content (AvgIpc) is 2.97. The maximum absolute atomic E-state index is 12.6. The number of piperazine rings is 1. The minimum atomic E-state index is -0.790. The van der Waals surface area contributed by atoms with Gasteiger partial charge in [0.1, 0.15) is 12.1 Å². The number of hydroxylamine groups is 2. The Morgan fingerprint density at radius 1 is 1.17 bits per heavy atom. The summed E-state index contributed by atoms with van der Waals surface area (Å²) in [6.45, 7) is 3.92. The quantitative estimate of drug-likeness (QED) is 0.844. The topological polar surface area (TPSA) is 76.6 Å². The molecule has 1 aliphatic heterocycles. The van der Waals surface area contributed by atoms with Crippen LogP contribution in [0.25, 0.3) is 10.9 Å². The molecule has 6 nitrogen and oxygen atoms in total. The van der Waals surface area contributed by atoms with Gasteiger partial charge < -0.3 is 9.88 Å². The van der Waals surface area contributed by atoms with Crippen LogP contribution in [0.2, 0.25) is 0 Å². The second-order valence-electron chi connectivity index (χ2n) is 6.86. The molecule has 1 aliphatic rings. The Balaban J connectivity index is 1.86. The van der Waals surface area contributed by atoms with Crippen LogP contribution in [0.15, 0.2) is 30.5 Å². The first-order chi connectivity index (χ1) is 11.4. The highest BCUT2D eigenvalue weighted by molar-refractivity contribution is 5.96. The summed E-state index contributed by atoms with van der Waals surface area (Å²) in [4.78, 5) is 29.8. The lowest BCUT2D eigenvalue weighted by atomic mass is 9.95. The summed E-state index contributed by atoms with van der Waals surface area (Å²) in [6, 6.07) is 6.35. The highest BCUT2D eigenvalue weighted by Gasteiger charge is 2.44. The number of H-pyrrole nitrogens is 1. The summed E-state index contributed by atoms with van der Waals surface area (Å²) in [5, 5.41) is 11.9. The molecule has 0 unspecified atom stereocenters. The van der Waals surface area contributed by atoms with E-state index in [1.165, 1.54) is 4.90 Å². The van der Waals surface area contributed by atoms with Gasteiger partial charge in [-0.25, -0.2) is 5.06 Å². The van der Waals surface area contributed by atoms with E-state index in [2.05, 4.69) is 4.98 Å². The molecule has 2 amide bonds. The molecule has 0 saturated carbocycles. The third-order valence-corrected chi connectivity index (χ3v) is 4.69. The first kappa shape index (κ1) is 16.5. The Labute approximate surface area is 141 Å². The molecule has 3 rings (SSSR count). The van der Waals surface area contributed by atoms with Gasteiger partial charge in [-0.2, -0.15) is 0 Å². The molecular formula is C18H23N3O3. The van der Waals surface area contributed by atoms with Crippen LogP contribution < -0.4 is 0 Å². The average molecular weight is 329 g/mol. The predicted octanol–water partition coefficient (Wildman–Crippen LogP) is 2.18. The van der Waals surface area contributed by atoms with E-state index in [-0.39, 0.29) is 11.8 Å². The van der Waals surface area contributed by atoms with E-state index in [9.17, 15) is 14.8 Å². The predicted molar refractivity (Wildman–Crippen MR) is 90.4 cm³/mol. The van der Waals surface area contributed by atoms with Crippen LogP contribution in [-0.2, 0) is 16.0 Å². The number of aromatic nitrogens is 1. The largest absolute Gasteiger partial charge is 0.361 e. The van der Waals surface area contributed by atoms with Crippen molar-refractivity contribution < 1.29 is 14.8 Å². The molecule has 0 spiro atoms. The SMILES string of the molecule is CC(C)C[C@@H]1C(=O)N(C)[C@@H](Cc2c[nH]c3ccccc23)C(=O)N1O. The second kappa shape index (κ2) is 6.28. The fourth-order valence-electron chi connectivity index (χ4n) is 3.35. The van der Waals surface area contributed by atoms with E-state index in [1.54, 1.807) is 7.05 Å². The number of hydrogen-bond acceptors (Lipinski definition) is 3. The van der Waals surface area contributed by atoms with Crippen molar-refractivity contribution in [1.29, 1.82) is 0 Å². The van der Waals surface area contributed by atoms with Crippen molar-refractivity contribution in [3.8, 4) is 0 Å². The van der Waals surface area contributed by atoms with Gasteiger partial charge >= 0.3 is 0 Å². The van der Waals surface area contributed by atoms with Crippen LogP contribution in [0.5, 0.6) is 0 Å². The summed E-state index contributed by atoms with van der Waals surface area (Å²) in [5.74, 6) is -0.427. The van der Waals surface area contributed by atoms with Gasteiger partial charge in [0, 0.05) is 30.6 Å². The summed E-state index contributed by atoms with van der Waals surface area (Å²) in [7, 11) is 1.64. The van der Waals surface area contributed by atoms with E-state index < -0.39 is 18.0 Å². The van der Waals surface area contributed by atoms with E-state index in [1.807, 2.05) is 44.3 Å². The maximum atomic E-state index is 12.6. The lowest BCUT2D eigenvalue weighted by molar-refractivity contribution is -0.200. The Bertz CT molecular complexity index is 768. The third-order valence-electron chi connectivity index (χ3n) is 4.69. The molecular weight excluding hydrogens is 306 g/mol. The Morgan fingerprint density at radius 2 is 1.88 bits per heavy atom. The number of rotatable bonds is 4. The van der Waals surface area contributed by atoms with Crippen molar-refractivity contribution in [2.75, 3.05) is 7.05 Å². The third kappa shape index (κ3) is 2.78. The second-order valence-corrected chi connectivity index (χ2v) is 6.86. The van der Waals surface area contributed by atoms with Gasteiger partial charge in [-0.05, 0) is 24.0 Å². The molecule has 1 fully saturated rings. The summed E-state index contributed by atoms with van der Waals surface area (Å²) < 4.78 is 0. The van der Waals surface area contributed by atoms with Crippen molar-refractivity contribution in [3.05, 3.63) is 36.0 Å². The molecule has 0 radical (unpaired) electrons. The molecule has 2 atom stereocenters. The molecule has 0 bridgehead atoms. The van der Waals surface area contributed by atoms with Crippen molar-refractivity contribution in [3.63, 3.8) is 0 Å². The number of para-hydroxylation sites is 1. The molecule has 6 heteroatoms. The van der Waals surface area contributed by atoms with Crippen molar-refractivity contribution in [2.24, 2.45) is 5.92 Å². The van der Waals surface area contributed by atoms with Gasteiger partial charge in [0.05, 0.1) is 0 Å². The Morgan fingerprint density at radius 3 is 2.58 bits per heavy atom. The smallest absolute Gasteiger partial charge is 0.269 e. The molecule has 128 valence electrons. The minimum absolute atomic E-state index is 0.208. The fraction of sp³-hybridized carbons (Fsp3) is 0.444. The normalized spacial score (nSPS) is 22.0. The first-order valence-electron chi connectivity index (χ1n) is 8.23. The van der Waals surface area contributed by atoms with Crippen molar-refractivity contribution in [2.45, 2.75) is 38.8 Å². The lowest BCUT2D eigenvalue weighted by Gasteiger charge is -2.40. The molecule has 2 N–H and O–H groups in total. The molecule has 0 aliphatic carbocycles. The van der Waals surface area contributed by atoms with Gasteiger partial charge in [-0.1, -0.05) is 32.0 Å². The van der Waals surface area contributed by atoms with Crippen LogP contribution in [0, 0.1) is 5.92 Å². The van der Waals surface area contributed by atoms with Gasteiger partial charge in [0.25, 0.3) is 5.91 Å². The van der Waals surface area contributed by atoms with Crippen LogP contribution >= 0.6 is 0 Å².